The topological polar surface area (TPSA) is 76.2 Å². The molecule has 2 aromatic carbocycles. The molecule has 0 bridgehead atoms. The zero-order chi connectivity index (χ0) is 21.4. The molecule has 3 aliphatic rings. The van der Waals surface area contributed by atoms with Crippen molar-refractivity contribution in [1.29, 1.82) is 0 Å². The van der Waals surface area contributed by atoms with Gasteiger partial charge in [-0.1, -0.05) is 54.2 Å². The maximum Gasteiger partial charge on any atom is 0.344 e. The number of hydrogen-bond donors (Lipinski definition) is 0. The van der Waals surface area contributed by atoms with Gasteiger partial charge in [0.15, 0.2) is 4.87 Å². The quantitative estimate of drug-likeness (QED) is 0.684. The van der Waals surface area contributed by atoms with E-state index in [2.05, 4.69) is 0 Å². The van der Waals surface area contributed by atoms with Crippen LogP contribution in [0, 0.1) is 0 Å². The van der Waals surface area contributed by atoms with Crippen molar-refractivity contribution < 1.29 is 23.9 Å². The standard InChI is InChI=1S/C23H22N2O5S/c26-19-10-11-23(25(19)17-8-4-5-9-18(17)31-23)22(28)30-20(16-6-2-1-3-7-16)21(27)24-12-14-29-15-13-24/h1-9,20H,10-15H2/t20-,23+/m0/s1. The highest BCUT2D eigenvalue weighted by molar-refractivity contribution is 8.02. The van der Waals surface area contributed by atoms with Gasteiger partial charge in [-0.3, -0.25) is 14.5 Å². The number of ether oxygens (including phenoxy) is 2. The first-order valence-electron chi connectivity index (χ1n) is 10.3. The summed E-state index contributed by atoms with van der Waals surface area (Å²) < 4.78 is 11.3. The minimum Gasteiger partial charge on any atom is -0.445 e. The third-order valence-electron chi connectivity index (χ3n) is 5.87. The fraction of sp³-hybridized carbons (Fsp3) is 0.348. The van der Waals surface area contributed by atoms with Crippen molar-refractivity contribution in [3.05, 3.63) is 60.2 Å². The molecule has 0 saturated carbocycles. The van der Waals surface area contributed by atoms with Crippen molar-refractivity contribution in [3.8, 4) is 0 Å². The van der Waals surface area contributed by atoms with E-state index < -0.39 is 16.9 Å². The molecule has 2 fully saturated rings. The first-order valence-corrected chi connectivity index (χ1v) is 11.2. The molecule has 2 amide bonds. The van der Waals surface area contributed by atoms with Gasteiger partial charge in [-0.15, -0.1) is 0 Å². The molecule has 2 atom stereocenters. The van der Waals surface area contributed by atoms with Crippen molar-refractivity contribution in [2.24, 2.45) is 0 Å². The lowest BCUT2D eigenvalue weighted by Crippen LogP contribution is -2.50. The Hall–Kier alpha value is -2.84. The summed E-state index contributed by atoms with van der Waals surface area (Å²) in [6.45, 7) is 1.82. The van der Waals surface area contributed by atoms with Crippen LogP contribution in [0.1, 0.15) is 24.5 Å². The van der Waals surface area contributed by atoms with Gasteiger partial charge in [0, 0.05) is 36.4 Å². The Morgan fingerprint density at radius 3 is 2.52 bits per heavy atom. The Balaban J connectivity index is 1.46. The van der Waals surface area contributed by atoms with Gasteiger partial charge >= 0.3 is 5.97 Å². The highest BCUT2D eigenvalue weighted by Gasteiger charge is 2.59. The predicted molar refractivity (Wildman–Crippen MR) is 114 cm³/mol. The van der Waals surface area contributed by atoms with Gasteiger partial charge in [-0.05, 0) is 12.1 Å². The van der Waals surface area contributed by atoms with Gasteiger partial charge in [0.1, 0.15) is 0 Å². The number of rotatable bonds is 4. The van der Waals surface area contributed by atoms with E-state index in [9.17, 15) is 14.4 Å². The number of hydrogen-bond acceptors (Lipinski definition) is 6. The number of carbonyl (C=O) groups excluding carboxylic acids is 3. The second-order valence-corrected chi connectivity index (χ2v) is 9.04. The van der Waals surface area contributed by atoms with Crippen LogP contribution in [0.25, 0.3) is 0 Å². The number of benzene rings is 2. The first kappa shape index (κ1) is 20.1. The maximum atomic E-state index is 13.6. The molecule has 2 aromatic rings. The van der Waals surface area contributed by atoms with Gasteiger partial charge in [-0.25, -0.2) is 4.79 Å². The molecular weight excluding hydrogens is 416 g/mol. The first-order chi connectivity index (χ1) is 15.1. The number of fused-ring (bicyclic) bond motifs is 3. The minimum absolute atomic E-state index is 0.106. The summed E-state index contributed by atoms with van der Waals surface area (Å²) >= 11 is 1.34. The van der Waals surface area contributed by atoms with E-state index in [1.165, 1.54) is 11.8 Å². The van der Waals surface area contributed by atoms with Gasteiger partial charge in [0.2, 0.25) is 12.0 Å². The lowest BCUT2D eigenvalue weighted by Gasteiger charge is -2.33. The molecule has 3 aliphatic heterocycles. The smallest absolute Gasteiger partial charge is 0.344 e. The lowest BCUT2D eigenvalue weighted by molar-refractivity contribution is -0.164. The van der Waals surface area contributed by atoms with Gasteiger partial charge < -0.3 is 14.4 Å². The van der Waals surface area contributed by atoms with Gasteiger partial charge in [0.25, 0.3) is 5.91 Å². The molecule has 0 N–H and O–H groups in total. The average molecular weight is 439 g/mol. The largest absolute Gasteiger partial charge is 0.445 e. The van der Waals surface area contributed by atoms with Crippen molar-refractivity contribution in [2.45, 2.75) is 28.7 Å². The fourth-order valence-corrected chi connectivity index (χ4v) is 5.71. The number of carbonyl (C=O) groups is 3. The van der Waals surface area contributed by atoms with E-state index >= 15 is 0 Å². The van der Waals surface area contributed by atoms with Crippen molar-refractivity contribution in [3.63, 3.8) is 0 Å². The van der Waals surface area contributed by atoms with Crippen LogP contribution in [0.3, 0.4) is 0 Å². The number of thioether (sulfide) groups is 1. The summed E-state index contributed by atoms with van der Waals surface area (Å²) in [6, 6.07) is 16.5. The molecule has 7 nitrogen and oxygen atoms in total. The van der Waals surface area contributed by atoms with Gasteiger partial charge in [0.05, 0.1) is 18.9 Å². The number of nitrogens with zero attached hydrogens (tertiary/aromatic N) is 2. The summed E-state index contributed by atoms with van der Waals surface area (Å²) in [5.74, 6) is -0.934. The van der Waals surface area contributed by atoms with Crippen LogP contribution in [0.5, 0.6) is 0 Å². The second-order valence-electron chi connectivity index (χ2n) is 7.72. The van der Waals surface area contributed by atoms with Crippen molar-refractivity contribution >= 4 is 35.2 Å². The number of morpholine rings is 1. The third kappa shape index (κ3) is 3.40. The van der Waals surface area contributed by atoms with Crippen LogP contribution >= 0.6 is 11.8 Å². The van der Waals surface area contributed by atoms with E-state index in [4.69, 9.17) is 9.47 Å². The van der Waals surface area contributed by atoms with Crippen LogP contribution in [-0.4, -0.2) is 53.9 Å². The molecule has 2 saturated heterocycles. The highest BCUT2D eigenvalue weighted by atomic mass is 32.2. The maximum absolute atomic E-state index is 13.6. The van der Waals surface area contributed by atoms with E-state index in [-0.39, 0.29) is 18.2 Å². The molecule has 0 spiro atoms. The molecule has 5 rings (SSSR count). The minimum atomic E-state index is -1.17. The zero-order valence-electron chi connectivity index (χ0n) is 16.9. The Morgan fingerprint density at radius 1 is 1.03 bits per heavy atom. The summed E-state index contributed by atoms with van der Waals surface area (Å²) in [5.41, 5.74) is 1.34. The number of anilines is 1. The zero-order valence-corrected chi connectivity index (χ0v) is 17.7. The molecule has 0 radical (unpaired) electrons. The Kier molecular flexibility index (Phi) is 5.19. The summed E-state index contributed by atoms with van der Waals surface area (Å²) in [4.78, 5) is 42.5. The molecular formula is C23H22N2O5S. The van der Waals surface area contributed by atoms with E-state index in [1.807, 2.05) is 42.5 Å². The van der Waals surface area contributed by atoms with Crippen LogP contribution < -0.4 is 4.90 Å². The SMILES string of the molecule is O=C([C@@H](OC(=O)[C@]12CCC(=O)N1c1ccccc1S2)c1ccccc1)N1CCOCC1. The fourth-order valence-electron chi connectivity index (χ4n) is 4.31. The molecule has 8 heteroatoms. The summed E-state index contributed by atoms with van der Waals surface area (Å²) in [7, 11) is 0. The average Bonchev–Trinajstić information content (AvgIpc) is 3.33. The molecule has 0 aromatic heterocycles. The molecule has 160 valence electrons. The van der Waals surface area contributed by atoms with Crippen LogP contribution in [0.15, 0.2) is 59.5 Å². The monoisotopic (exact) mass is 438 g/mol. The third-order valence-corrected chi connectivity index (χ3v) is 7.32. The van der Waals surface area contributed by atoms with Crippen LogP contribution in [-0.2, 0) is 23.9 Å². The van der Waals surface area contributed by atoms with Crippen molar-refractivity contribution in [1.82, 2.24) is 4.90 Å². The van der Waals surface area contributed by atoms with E-state index in [1.54, 1.807) is 21.9 Å². The van der Waals surface area contributed by atoms with Crippen molar-refractivity contribution in [2.75, 3.05) is 31.2 Å². The number of para-hydroxylation sites is 1. The van der Waals surface area contributed by atoms with E-state index in [0.717, 1.165) is 10.6 Å². The summed E-state index contributed by atoms with van der Waals surface area (Å²) in [6.07, 6.45) is -0.454. The van der Waals surface area contributed by atoms with Crippen LogP contribution in [0.4, 0.5) is 5.69 Å². The molecule has 3 heterocycles. The number of amides is 2. The normalized spacial score (nSPS) is 23.3. The Bertz CT molecular complexity index is 1020. The van der Waals surface area contributed by atoms with Gasteiger partial charge in [-0.2, -0.15) is 0 Å². The van der Waals surface area contributed by atoms with E-state index in [0.29, 0.717) is 38.3 Å². The predicted octanol–water partition coefficient (Wildman–Crippen LogP) is 2.76. The van der Waals surface area contributed by atoms with Crippen LogP contribution in [0.2, 0.25) is 0 Å². The number of esters is 1. The molecule has 31 heavy (non-hydrogen) atoms. The molecule has 0 unspecified atom stereocenters. The second kappa shape index (κ2) is 8.01. The molecule has 0 aliphatic carbocycles. The Morgan fingerprint density at radius 2 is 1.74 bits per heavy atom. The Labute approximate surface area is 184 Å². The highest BCUT2D eigenvalue weighted by Crippen LogP contribution is 2.56. The summed E-state index contributed by atoms with van der Waals surface area (Å²) in [5, 5.41) is 0. The lowest BCUT2D eigenvalue weighted by atomic mass is 10.1.